The zero-order chi connectivity index (χ0) is 12.3. The normalized spacial score (nSPS) is 17.1. The molecule has 1 aliphatic heterocycles. The van der Waals surface area contributed by atoms with Gasteiger partial charge in [0.15, 0.2) is 5.15 Å². The minimum atomic E-state index is 0.207. The molecule has 6 heteroatoms. The molecule has 0 radical (unpaired) electrons. The molecule has 1 saturated heterocycles. The van der Waals surface area contributed by atoms with Crippen LogP contribution in [0.3, 0.4) is 0 Å². The SMILES string of the molecule is Clc1cc(Cl)c(OCC2CCOCC2)nc1Cl. The molecule has 0 bridgehead atoms. The Hall–Kier alpha value is -0.220. The fourth-order valence-electron chi connectivity index (χ4n) is 1.64. The highest BCUT2D eigenvalue weighted by atomic mass is 35.5. The van der Waals surface area contributed by atoms with Gasteiger partial charge in [-0.25, -0.2) is 0 Å². The van der Waals surface area contributed by atoms with Crippen molar-refractivity contribution < 1.29 is 9.47 Å². The molecule has 0 amide bonds. The summed E-state index contributed by atoms with van der Waals surface area (Å²) in [5.41, 5.74) is 0. The number of rotatable bonds is 3. The van der Waals surface area contributed by atoms with Gasteiger partial charge in [-0.2, -0.15) is 4.98 Å². The number of halogens is 3. The number of hydrogen-bond acceptors (Lipinski definition) is 3. The molecule has 2 rings (SSSR count). The Kier molecular flexibility index (Phi) is 4.74. The van der Waals surface area contributed by atoms with Gasteiger partial charge in [-0.3, -0.25) is 0 Å². The third kappa shape index (κ3) is 3.62. The first-order valence-electron chi connectivity index (χ1n) is 5.39. The summed E-state index contributed by atoms with van der Waals surface area (Å²) in [4.78, 5) is 4.00. The van der Waals surface area contributed by atoms with Crippen molar-refractivity contribution >= 4 is 34.8 Å². The molecule has 0 N–H and O–H groups in total. The summed E-state index contributed by atoms with van der Waals surface area (Å²) < 4.78 is 10.8. The van der Waals surface area contributed by atoms with Crippen LogP contribution in [-0.4, -0.2) is 24.8 Å². The summed E-state index contributed by atoms with van der Waals surface area (Å²) in [6, 6.07) is 1.54. The Morgan fingerprint density at radius 3 is 2.65 bits per heavy atom. The van der Waals surface area contributed by atoms with E-state index in [9.17, 15) is 0 Å². The molecule has 0 aromatic carbocycles. The Morgan fingerprint density at radius 1 is 1.24 bits per heavy atom. The second-order valence-electron chi connectivity index (χ2n) is 3.91. The fourth-order valence-corrected chi connectivity index (χ4v) is 2.18. The highest BCUT2D eigenvalue weighted by Gasteiger charge is 2.16. The molecule has 0 atom stereocenters. The van der Waals surface area contributed by atoms with E-state index in [2.05, 4.69) is 4.98 Å². The van der Waals surface area contributed by atoms with Crippen molar-refractivity contribution in [3.8, 4) is 5.88 Å². The highest BCUT2D eigenvalue weighted by Crippen LogP contribution is 2.31. The van der Waals surface area contributed by atoms with Crippen LogP contribution in [-0.2, 0) is 4.74 Å². The topological polar surface area (TPSA) is 31.4 Å². The van der Waals surface area contributed by atoms with Crippen LogP contribution in [0.1, 0.15) is 12.8 Å². The van der Waals surface area contributed by atoms with Crippen LogP contribution < -0.4 is 4.74 Å². The maximum absolute atomic E-state index is 5.96. The lowest BCUT2D eigenvalue weighted by Gasteiger charge is -2.22. The minimum Gasteiger partial charge on any atom is -0.476 e. The molecular weight excluding hydrogens is 284 g/mol. The van der Waals surface area contributed by atoms with E-state index in [1.165, 1.54) is 6.07 Å². The molecule has 17 heavy (non-hydrogen) atoms. The van der Waals surface area contributed by atoms with E-state index in [4.69, 9.17) is 44.3 Å². The average molecular weight is 297 g/mol. The molecule has 1 fully saturated rings. The van der Waals surface area contributed by atoms with Gasteiger partial charge in [-0.15, -0.1) is 0 Å². The number of ether oxygens (including phenoxy) is 2. The van der Waals surface area contributed by atoms with Gasteiger partial charge in [0, 0.05) is 13.2 Å². The molecule has 0 saturated carbocycles. The van der Waals surface area contributed by atoms with E-state index in [0.29, 0.717) is 28.5 Å². The molecule has 1 aromatic rings. The standard InChI is InChI=1S/C11H12Cl3NO2/c12-8-5-9(13)11(15-10(8)14)17-6-7-1-3-16-4-2-7/h5,7H,1-4,6H2. The molecule has 1 aliphatic rings. The van der Waals surface area contributed by atoms with Gasteiger partial charge in [0.2, 0.25) is 5.88 Å². The van der Waals surface area contributed by atoms with Crippen LogP contribution >= 0.6 is 34.8 Å². The van der Waals surface area contributed by atoms with Crippen LogP contribution in [0.15, 0.2) is 6.07 Å². The van der Waals surface area contributed by atoms with E-state index in [1.807, 2.05) is 0 Å². The van der Waals surface area contributed by atoms with E-state index in [-0.39, 0.29) is 5.15 Å². The largest absolute Gasteiger partial charge is 0.476 e. The molecule has 2 heterocycles. The Balaban J connectivity index is 1.96. The fraction of sp³-hybridized carbons (Fsp3) is 0.545. The summed E-state index contributed by atoms with van der Waals surface area (Å²) in [6.45, 7) is 2.15. The monoisotopic (exact) mass is 295 g/mol. The molecule has 94 valence electrons. The van der Waals surface area contributed by atoms with Gasteiger partial charge in [0.05, 0.1) is 11.6 Å². The molecule has 3 nitrogen and oxygen atoms in total. The van der Waals surface area contributed by atoms with E-state index in [0.717, 1.165) is 26.1 Å². The van der Waals surface area contributed by atoms with Crippen LogP contribution in [0, 0.1) is 5.92 Å². The van der Waals surface area contributed by atoms with Crippen molar-refractivity contribution in [2.75, 3.05) is 19.8 Å². The lowest BCUT2D eigenvalue weighted by Crippen LogP contribution is -2.21. The van der Waals surface area contributed by atoms with Crippen molar-refractivity contribution in [1.29, 1.82) is 0 Å². The van der Waals surface area contributed by atoms with Crippen molar-refractivity contribution in [2.45, 2.75) is 12.8 Å². The molecule has 0 aliphatic carbocycles. The predicted molar refractivity (Wildman–Crippen MR) is 68.3 cm³/mol. The van der Waals surface area contributed by atoms with E-state index in [1.54, 1.807) is 0 Å². The highest BCUT2D eigenvalue weighted by molar-refractivity contribution is 6.42. The predicted octanol–water partition coefficient (Wildman–Crippen LogP) is 3.85. The van der Waals surface area contributed by atoms with Gasteiger partial charge in [-0.05, 0) is 24.8 Å². The first kappa shape index (κ1) is 13.2. The third-order valence-corrected chi connectivity index (χ3v) is 3.59. The van der Waals surface area contributed by atoms with Gasteiger partial charge >= 0.3 is 0 Å². The molecule has 0 spiro atoms. The van der Waals surface area contributed by atoms with Gasteiger partial charge < -0.3 is 9.47 Å². The van der Waals surface area contributed by atoms with Crippen LogP contribution in [0.2, 0.25) is 15.2 Å². The van der Waals surface area contributed by atoms with E-state index < -0.39 is 0 Å². The first-order valence-corrected chi connectivity index (χ1v) is 6.52. The maximum Gasteiger partial charge on any atom is 0.234 e. The Labute approximate surface area is 115 Å². The first-order chi connectivity index (χ1) is 8.16. The second kappa shape index (κ2) is 6.10. The summed E-state index contributed by atoms with van der Waals surface area (Å²) in [5, 5.41) is 0.916. The average Bonchev–Trinajstić information content (AvgIpc) is 2.33. The zero-order valence-electron chi connectivity index (χ0n) is 9.09. The number of nitrogens with zero attached hydrogens (tertiary/aromatic N) is 1. The van der Waals surface area contributed by atoms with Crippen molar-refractivity contribution in [3.63, 3.8) is 0 Å². The molecule has 0 unspecified atom stereocenters. The smallest absolute Gasteiger partial charge is 0.234 e. The summed E-state index contributed by atoms with van der Waals surface area (Å²) in [6.07, 6.45) is 2.00. The Bertz CT molecular complexity index is 395. The summed E-state index contributed by atoms with van der Waals surface area (Å²) >= 11 is 17.6. The third-order valence-electron chi connectivity index (χ3n) is 2.65. The number of aromatic nitrogens is 1. The lowest BCUT2D eigenvalue weighted by atomic mass is 10.0. The number of pyridine rings is 1. The molecule has 1 aromatic heterocycles. The Morgan fingerprint density at radius 2 is 1.94 bits per heavy atom. The van der Waals surface area contributed by atoms with Crippen molar-refractivity contribution in [2.24, 2.45) is 5.92 Å². The summed E-state index contributed by atoms with van der Waals surface area (Å²) in [5.74, 6) is 0.823. The van der Waals surface area contributed by atoms with Crippen molar-refractivity contribution in [1.82, 2.24) is 4.98 Å². The second-order valence-corrected chi connectivity index (χ2v) is 5.09. The maximum atomic E-state index is 5.96. The zero-order valence-corrected chi connectivity index (χ0v) is 11.4. The van der Waals surface area contributed by atoms with E-state index >= 15 is 0 Å². The minimum absolute atomic E-state index is 0.207. The molecular formula is C11H12Cl3NO2. The van der Waals surface area contributed by atoms with Gasteiger partial charge in [-0.1, -0.05) is 34.8 Å². The van der Waals surface area contributed by atoms with Crippen LogP contribution in [0.5, 0.6) is 5.88 Å². The van der Waals surface area contributed by atoms with Crippen LogP contribution in [0.4, 0.5) is 0 Å². The van der Waals surface area contributed by atoms with Gasteiger partial charge in [0.1, 0.15) is 5.02 Å². The van der Waals surface area contributed by atoms with Crippen molar-refractivity contribution in [3.05, 3.63) is 21.3 Å². The number of hydrogen-bond donors (Lipinski definition) is 0. The quantitative estimate of drug-likeness (QED) is 0.794. The van der Waals surface area contributed by atoms with Gasteiger partial charge in [0.25, 0.3) is 0 Å². The van der Waals surface area contributed by atoms with Crippen LogP contribution in [0.25, 0.3) is 0 Å². The lowest BCUT2D eigenvalue weighted by molar-refractivity contribution is 0.0490. The summed E-state index contributed by atoms with van der Waals surface area (Å²) in [7, 11) is 0.